The van der Waals surface area contributed by atoms with Crippen LogP contribution in [0, 0.1) is 0 Å². The van der Waals surface area contributed by atoms with Crippen molar-refractivity contribution in [2.45, 2.75) is 38.6 Å². The van der Waals surface area contributed by atoms with Crippen molar-refractivity contribution in [3.63, 3.8) is 0 Å². The van der Waals surface area contributed by atoms with Crippen molar-refractivity contribution in [1.29, 1.82) is 0 Å². The Balaban J connectivity index is 2.66. The zero-order valence-electron chi connectivity index (χ0n) is 9.74. The van der Waals surface area contributed by atoms with Crippen LogP contribution < -0.4 is 5.73 Å². The summed E-state index contributed by atoms with van der Waals surface area (Å²) in [6, 6.07) is 8.78. The molecule has 1 rings (SSSR count). The van der Waals surface area contributed by atoms with Gasteiger partial charge in [-0.05, 0) is 29.9 Å². The van der Waals surface area contributed by atoms with Crippen LogP contribution in [-0.2, 0) is 0 Å². The predicted octanol–water partition coefficient (Wildman–Crippen LogP) is 3.78. The van der Waals surface area contributed by atoms with E-state index in [4.69, 9.17) is 5.73 Å². The molecule has 0 heterocycles. The summed E-state index contributed by atoms with van der Waals surface area (Å²) in [7, 11) is 0. The van der Waals surface area contributed by atoms with Gasteiger partial charge in [0.25, 0.3) is 0 Å². The third-order valence-corrected chi connectivity index (χ3v) is 2.71. The summed E-state index contributed by atoms with van der Waals surface area (Å²) in [6.07, 6.45) is 3.87. The maximum absolute atomic E-state index is 6.06. The lowest BCUT2D eigenvalue weighted by atomic mass is 9.97. The lowest BCUT2D eigenvalue weighted by Gasteiger charge is -2.12. The van der Waals surface area contributed by atoms with Gasteiger partial charge in [0.15, 0.2) is 0 Å². The molecule has 0 bridgehead atoms. The van der Waals surface area contributed by atoms with E-state index >= 15 is 0 Å². The van der Waals surface area contributed by atoms with Crippen LogP contribution in [0.5, 0.6) is 0 Å². The van der Waals surface area contributed by atoms with E-state index in [-0.39, 0.29) is 6.04 Å². The van der Waals surface area contributed by atoms with Crippen LogP contribution in [0.4, 0.5) is 0 Å². The Morgan fingerprint density at radius 3 is 2.20 bits per heavy atom. The van der Waals surface area contributed by atoms with Gasteiger partial charge < -0.3 is 5.73 Å². The highest BCUT2D eigenvalue weighted by atomic mass is 14.6. The SMILES string of the molecule is C=CCCC(N)c1ccc(C(C)C)cc1. The third-order valence-electron chi connectivity index (χ3n) is 2.71. The zero-order valence-corrected chi connectivity index (χ0v) is 9.74. The molecule has 15 heavy (non-hydrogen) atoms. The molecule has 0 aromatic heterocycles. The maximum Gasteiger partial charge on any atom is 0.0297 e. The molecule has 0 aliphatic heterocycles. The summed E-state index contributed by atoms with van der Waals surface area (Å²) < 4.78 is 0. The summed E-state index contributed by atoms with van der Waals surface area (Å²) in [4.78, 5) is 0. The van der Waals surface area contributed by atoms with E-state index in [1.54, 1.807) is 0 Å². The largest absolute Gasteiger partial charge is 0.324 e. The van der Waals surface area contributed by atoms with Crippen LogP contribution in [0.3, 0.4) is 0 Å². The van der Waals surface area contributed by atoms with Crippen molar-refractivity contribution < 1.29 is 0 Å². The van der Waals surface area contributed by atoms with Gasteiger partial charge in [-0.2, -0.15) is 0 Å². The molecular weight excluding hydrogens is 182 g/mol. The van der Waals surface area contributed by atoms with Crippen molar-refractivity contribution in [2.75, 3.05) is 0 Å². The minimum Gasteiger partial charge on any atom is -0.324 e. The molecule has 0 fully saturated rings. The highest BCUT2D eigenvalue weighted by molar-refractivity contribution is 5.26. The van der Waals surface area contributed by atoms with E-state index in [1.807, 2.05) is 6.08 Å². The van der Waals surface area contributed by atoms with Crippen molar-refractivity contribution in [2.24, 2.45) is 5.73 Å². The molecule has 0 saturated heterocycles. The van der Waals surface area contributed by atoms with Crippen molar-refractivity contribution in [3.05, 3.63) is 48.0 Å². The van der Waals surface area contributed by atoms with E-state index in [0.29, 0.717) is 5.92 Å². The highest BCUT2D eigenvalue weighted by Gasteiger charge is 2.05. The van der Waals surface area contributed by atoms with E-state index in [9.17, 15) is 0 Å². The minimum absolute atomic E-state index is 0.143. The van der Waals surface area contributed by atoms with Gasteiger partial charge in [-0.1, -0.05) is 44.2 Å². The second-order valence-electron chi connectivity index (χ2n) is 4.29. The Morgan fingerprint density at radius 2 is 1.73 bits per heavy atom. The normalized spacial score (nSPS) is 12.8. The van der Waals surface area contributed by atoms with Crippen LogP contribution in [0.25, 0.3) is 0 Å². The van der Waals surface area contributed by atoms with E-state index in [2.05, 4.69) is 44.7 Å². The van der Waals surface area contributed by atoms with Crippen LogP contribution in [0.15, 0.2) is 36.9 Å². The molecule has 0 amide bonds. The highest BCUT2D eigenvalue weighted by Crippen LogP contribution is 2.20. The molecule has 2 N–H and O–H groups in total. The average Bonchev–Trinajstić information content (AvgIpc) is 2.26. The fraction of sp³-hybridized carbons (Fsp3) is 0.429. The van der Waals surface area contributed by atoms with Gasteiger partial charge in [-0.25, -0.2) is 0 Å². The lowest BCUT2D eigenvalue weighted by molar-refractivity contribution is 0.661. The van der Waals surface area contributed by atoms with Crippen LogP contribution in [0.2, 0.25) is 0 Å². The Labute approximate surface area is 93.0 Å². The van der Waals surface area contributed by atoms with Gasteiger partial charge in [0.1, 0.15) is 0 Å². The fourth-order valence-electron chi connectivity index (χ4n) is 1.59. The Hall–Kier alpha value is -1.08. The summed E-state index contributed by atoms with van der Waals surface area (Å²) in [6.45, 7) is 8.11. The van der Waals surface area contributed by atoms with Crippen molar-refractivity contribution in [3.8, 4) is 0 Å². The molecule has 1 unspecified atom stereocenters. The molecule has 1 atom stereocenters. The average molecular weight is 203 g/mol. The molecule has 0 spiro atoms. The smallest absolute Gasteiger partial charge is 0.0297 e. The molecule has 0 radical (unpaired) electrons. The first-order chi connectivity index (χ1) is 7.15. The monoisotopic (exact) mass is 203 g/mol. The number of nitrogens with two attached hydrogens (primary N) is 1. The van der Waals surface area contributed by atoms with Crippen LogP contribution in [0.1, 0.15) is 49.8 Å². The number of allylic oxidation sites excluding steroid dienone is 1. The first-order valence-corrected chi connectivity index (χ1v) is 5.61. The Bertz CT molecular complexity index is 298. The molecule has 1 nitrogen and oxygen atoms in total. The van der Waals surface area contributed by atoms with Crippen LogP contribution in [-0.4, -0.2) is 0 Å². The van der Waals surface area contributed by atoms with Gasteiger partial charge in [0.2, 0.25) is 0 Å². The minimum atomic E-state index is 0.143. The maximum atomic E-state index is 6.06. The summed E-state index contributed by atoms with van der Waals surface area (Å²) in [5.74, 6) is 0.587. The number of benzene rings is 1. The first-order valence-electron chi connectivity index (χ1n) is 5.61. The standard InChI is InChI=1S/C14H21N/c1-4-5-6-14(15)13-9-7-12(8-10-13)11(2)3/h4,7-11,14H,1,5-6,15H2,2-3H3. The topological polar surface area (TPSA) is 26.0 Å². The Morgan fingerprint density at radius 1 is 1.20 bits per heavy atom. The third kappa shape index (κ3) is 3.52. The second-order valence-corrected chi connectivity index (χ2v) is 4.29. The number of rotatable bonds is 5. The molecule has 0 aliphatic carbocycles. The lowest BCUT2D eigenvalue weighted by Crippen LogP contribution is -2.09. The van der Waals surface area contributed by atoms with Gasteiger partial charge in [-0.3, -0.25) is 0 Å². The summed E-state index contributed by atoms with van der Waals surface area (Å²) >= 11 is 0. The molecule has 0 saturated carbocycles. The molecule has 0 aliphatic rings. The van der Waals surface area contributed by atoms with E-state index < -0.39 is 0 Å². The van der Waals surface area contributed by atoms with Gasteiger partial charge in [0, 0.05) is 6.04 Å². The summed E-state index contributed by atoms with van der Waals surface area (Å²) in [5.41, 5.74) is 8.65. The second kappa shape index (κ2) is 5.72. The molecule has 1 heteroatoms. The van der Waals surface area contributed by atoms with Crippen LogP contribution >= 0.6 is 0 Å². The van der Waals surface area contributed by atoms with E-state index in [0.717, 1.165) is 12.8 Å². The number of hydrogen-bond donors (Lipinski definition) is 1. The predicted molar refractivity (Wildman–Crippen MR) is 66.9 cm³/mol. The Kier molecular flexibility index (Phi) is 4.57. The van der Waals surface area contributed by atoms with Crippen molar-refractivity contribution >= 4 is 0 Å². The van der Waals surface area contributed by atoms with Crippen molar-refractivity contribution in [1.82, 2.24) is 0 Å². The molecule has 1 aromatic rings. The van der Waals surface area contributed by atoms with E-state index in [1.165, 1.54) is 11.1 Å². The zero-order chi connectivity index (χ0) is 11.3. The fourth-order valence-corrected chi connectivity index (χ4v) is 1.59. The first kappa shape index (κ1) is 12.0. The van der Waals surface area contributed by atoms with Gasteiger partial charge in [0.05, 0.1) is 0 Å². The number of hydrogen-bond acceptors (Lipinski definition) is 1. The molecule has 1 aromatic carbocycles. The molecule has 82 valence electrons. The summed E-state index contributed by atoms with van der Waals surface area (Å²) in [5, 5.41) is 0. The van der Waals surface area contributed by atoms with Gasteiger partial charge >= 0.3 is 0 Å². The quantitative estimate of drug-likeness (QED) is 0.724. The molecular formula is C14H21N. The van der Waals surface area contributed by atoms with Gasteiger partial charge in [-0.15, -0.1) is 6.58 Å².